The predicted molar refractivity (Wildman–Crippen MR) is 103 cm³/mol. The minimum absolute atomic E-state index is 0.290. The van der Waals surface area contributed by atoms with Crippen LogP contribution in [0.3, 0.4) is 0 Å². The molecule has 0 amide bonds. The average Bonchev–Trinajstić information content (AvgIpc) is 3.02. The molecule has 1 atom stereocenters. The number of nitrogens with zero attached hydrogens (tertiary/aromatic N) is 1. The van der Waals surface area contributed by atoms with Gasteiger partial charge in [0, 0.05) is 12.2 Å². The van der Waals surface area contributed by atoms with Crippen molar-refractivity contribution >= 4 is 15.7 Å². The van der Waals surface area contributed by atoms with E-state index < -0.39 is 10.0 Å². The zero-order valence-electron chi connectivity index (χ0n) is 15.1. The van der Waals surface area contributed by atoms with Crippen LogP contribution in [0.25, 0.3) is 0 Å². The van der Waals surface area contributed by atoms with Crippen LogP contribution < -0.4 is 4.72 Å². The number of likely N-dealkylation sites (tertiary alicyclic amines) is 1. The highest BCUT2D eigenvalue weighted by molar-refractivity contribution is 7.92. The van der Waals surface area contributed by atoms with Crippen molar-refractivity contribution in [2.24, 2.45) is 0 Å². The van der Waals surface area contributed by atoms with Crippen LogP contribution in [-0.4, -0.2) is 33.5 Å². The molecule has 25 heavy (non-hydrogen) atoms. The molecule has 2 aromatic carbocycles. The second kappa shape index (κ2) is 7.18. The Kier molecular flexibility index (Phi) is 5.16. The van der Waals surface area contributed by atoms with Gasteiger partial charge in [0.1, 0.15) is 0 Å². The van der Waals surface area contributed by atoms with E-state index in [1.165, 1.54) is 5.56 Å². The van der Waals surface area contributed by atoms with Gasteiger partial charge in [-0.2, -0.15) is 0 Å². The van der Waals surface area contributed by atoms with Crippen molar-refractivity contribution < 1.29 is 8.42 Å². The van der Waals surface area contributed by atoms with Gasteiger partial charge in [-0.05, 0) is 67.2 Å². The van der Waals surface area contributed by atoms with Gasteiger partial charge in [-0.3, -0.25) is 4.72 Å². The molecule has 1 saturated heterocycles. The lowest BCUT2D eigenvalue weighted by molar-refractivity contribution is 0.411. The van der Waals surface area contributed by atoms with Crippen molar-refractivity contribution in [3.63, 3.8) is 0 Å². The molecule has 134 valence electrons. The predicted octanol–water partition coefficient (Wildman–Crippen LogP) is 4.03. The molecule has 1 aliphatic rings. The first-order valence-corrected chi connectivity index (χ1v) is 10.2. The maximum atomic E-state index is 12.5. The Morgan fingerprint density at radius 3 is 2.20 bits per heavy atom. The topological polar surface area (TPSA) is 49.4 Å². The molecule has 0 radical (unpaired) electrons. The number of sulfonamides is 1. The summed E-state index contributed by atoms with van der Waals surface area (Å²) in [7, 11) is -1.42. The van der Waals surface area contributed by atoms with Gasteiger partial charge >= 0.3 is 0 Å². The van der Waals surface area contributed by atoms with E-state index >= 15 is 0 Å². The number of rotatable bonds is 5. The molecule has 1 unspecified atom stereocenters. The number of benzene rings is 2. The summed E-state index contributed by atoms with van der Waals surface area (Å²) >= 11 is 0. The van der Waals surface area contributed by atoms with Crippen molar-refractivity contribution in [3.8, 4) is 0 Å². The number of nitrogens with one attached hydrogen (secondary N) is 1. The molecule has 0 saturated carbocycles. The third kappa shape index (κ3) is 4.22. The van der Waals surface area contributed by atoms with Crippen molar-refractivity contribution in [2.75, 3.05) is 24.9 Å². The third-order valence-electron chi connectivity index (χ3n) is 4.88. The Hall–Kier alpha value is -1.85. The maximum absolute atomic E-state index is 12.5. The lowest BCUT2D eigenvalue weighted by Gasteiger charge is -2.13. The Bertz CT molecular complexity index is 812. The van der Waals surface area contributed by atoms with Crippen LogP contribution >= 0.6 is 0 Å². The van der Waals surface area contributed by atoms with Gasteiger partial charge in [0.25, 0.3) is 10.0 Å². The Morgan fingerprint density at radius 2 is 1.68 bits per heavy atom. The Morgan fingerprint density at radius 1 is 1.04 bits per heavy atom. The molecular formula is C20H26N2O2S. The third-order valence-corrected chi connectivity index (χ3v) is 6.28. The van der Waals surface area contributed by atoms with Crippen molar-refractivity contribution in [1.29, 1.82) is 0 Å². The minimum Gasteiger partial charge on any atom is -0.306 e. The zero-order chi connectivity index (χ0) is 18.0. The molecule has 0 spiro atoms. The average molecular weight is 359 g/mol. The Balaban J connectivity index is 1.72. The highest BCUT2D eigenvalue weighted by Gasteiger charge is 2.21. The Labute approximate surface area is 150 Å². The monoisotopic (exact) mass is 358 g/mol. The molecule has 1 N–H and O–H groups in total. The highest BCUT2D eigenvalue weighted by atomic mass is 32.2. The molecule has 0 aromatic heterocycles. The van der Waals surface area contributed by atoms with Crippen LogP contribution in [0.4, 0.5) is 5.69 Å². The molecule has 0 aliphatic carbocycles. The SMILES string of the molecule is CC(C)c1ccc(S(=O)(=O)Nc2ccc(C3CCN(C)C3)cc2)cc1. The number of hydrogen-bond acceptors (Lipinski definition) is 3. The van der Waals surface area contributed by atoms with Gasteiger partial charge in [0.2, 0.25) is 0 Å². The van der Waals surface area contributed by atoms with Gasteiger partial charge < -0.3 is 4.90 Å². The molecule has 2 aromatic rings. The summed E-state index contributed by atoms with van der Waals surface area (Å²) in [6.07, 6.45) is 1.16. The summed E-state index contributed by atoms with van der Waals surface area (Å²) < 4.78 is 27.8. The van der Waals surface area contributed by atoms with E-state index in [9.17, 15) is 8.42 Å². The smallest absolute Gasteiger partial charge is 0.261 e. The van der Waals surface area contributed by atoms with Crippen molar-refractivity contribution in [2.45, 2.75) is 37.0 Å². The summed E-state index contributed by atoms with van der Waals surface area (Å²) in [4.78, 5) is 2.61. The van der Waals surface area contributed by atoms with E-state index in [-0.39, 0.29) is 0 Å². The first-order valence-electron chi connectivity index (χ1n) is 8.76. The van der Waals surface area contributed by atoms with Crippen LogP contribution in [-0.2, 0) is 10.0 Å². The largest absolute Gasteiger partial charge is 0.306 e. The van der Waals surface area contributed by atoms with Gasteiger partial charge in [0.05, 0.1) is 4.90 Å². The highest BCUT2D eigenvalue weighted by Crippen LogP contribution is 2.27. The standard InChI is InChI=1S/C20H26N2O2S/c1-15(2)16-6-10-20(11-7-16)25(23,24)21-19-8-4-17(5-9-19)18-12-13-22(3)14-18/h4-11,15,18,21H,12-14H2,1-3H3. The molecule has 1 heterocycles. The van der Waals surface area contributed by atoms with Crippen LogP contribution in [0.5, 0.6) is 0 Å². The molecule has 1 aliphatic heterocycles. The first kappa shape index (κ1) is 18.0. The van der Waals surface area contributed by atoms with E-state index in [0.717, 1.165) is 25.1 Å². The summed E-state index contributed by atoms with van der Waals surface area (Å²) in [5.74, 6) is 0.922. The summed E-state index contributed by atoms with van der Waals surface area (Å²) in [6.45, 7) is 6.36. The molecule has 4 nitrogen and oxygen atoms in total. The second-order valence-corrected chi connectivity index (χ2v) is 8.88. The van der Waals surface area contributed by atoms with E-state index in [1.807, 2.05) is 36.4 Å². The van der Waals surface area contributed by atoms with Crippen molar-refractivity contribution in [1.82, 2.24) is 4.90 Å². The fourth-order valence-electron chi connectivity index (χ4n) is 3.28. The van der Waals surface area contributed by atoms with E-state index in [0.29, 0.717) is 22.4 Å². The first-order chi connectivity index (χ1) is 11.8. The fourth-order valence-corrected chi connectivity index (χ4v) is 4.34. The van der Waals surface area contributed by atoms with Gasteiger partial charge in [0.15, 0.2) is 0 Å². The van der Waals surface area contributed by atoms with E-state index in [4.69, 9.17) is 0 Å². The van der Waals surface area contributed by atoms with Gasteiger partial charge in [-0.25, -0.2) is 8.42 Å². The quantitative estimate of drug-likeness (QED) is 0.878. The molecular weight excluding hydrogens is 332 g/mol. The van der Waals surface area contributed by atoms with E-state index in [2.05, 4.69) is 30.5 Å². The summed E-state index contributed by atoms with van der Waals surface area (Å²) in [5.41, 5.74) is 3.00. The zero-order valence-corrected chi connectivity index (χ0v) is 15.9. The summed E-state index contributed by atoms with van der Waals surface area (Å²) in [5, 5.41) is 0. The maximum Gasteiger partial charge on any atom is 0.261 e. The van der Waals surface area contributed by atoms with Crippen LogP contribution in [0, 0.1) is 0 Å². The number of anilines is 1. The summed E-state index contributed by atoms with van der Waals surface area (Å²) in [6, 6.07) is 14.9. The molecule has 1 fully saturated rings. The molecule has 3 rings (SSSR count). The lowest BCUT2D eigenvalue weighted by Crippen LogP contribution is -2.14. The van der Waals surface area contributed by atoms with Crippen LogP contribution in [0.1, 0.15) is 43.2 Å². The molecule has 5 heteroatoms. The van der Waals surface area contributed by atoms with Gasteiger partial charge in [-0.1, -0.05) is 38.1 Å². The number of likely N-dealkylation sites (N-methyl/N-ethyl adjacent to an activating group) is 1. The second-order valence-electron chi connectivity index (χ2n) is 7.20. The number of hydrogen-bond donors (Lipinski definition) is 1. The normalized spacial score (nSPS) is 18.6. The minimum atomic E-state index is -3.55. The van der Waals surface area contributed by atoms with Crippen LogP contribution in [0.2, 0.25) is 0 Å². The van der Waals surface area contributed by atoms with E-state index in [1.54, 1.807) is 12.1 Å². The lowest BCUT2D eigenvalue weighted by atomic mass is 9.98. The van der Waals surface area contributed by atoms with Crippen LogP contribution in [0.15, 0.2) is 53.4 Å². The van der Waals surface area contributed by atoms with Gasteiger partial charge in [-0.15, -0.1) is 0 Å². The molecule has 0 bridgehead atoms. The fraction of sp³-hybridized carbons (Fsp3) is 0.400. The van der Waals surface area contributed by atoms with Crippen molar-refractivity contribution in [3.05, 3.63) is 59.7 Å².